The topological polar surface area (TPSA) is 46.3 Å². The average Bonchev–Trinajstić information content (AvgIpc) is 2.38. The maximum atomic E-state index is 12.5. The Hall–Kier alpha value is -0.580. The van der Waals surface area contributed by atoms with Crippen LogP contribution in [0.25, 0.3) is 0 Å². The van der Waals surface area contributed by atoms with Gasteiger partial charge in [-0.15, -0.1) is 0 Å². The largest absolute Gasteiger partial charge is 0.338 e. The van der Waals surface area contributed by atoms with E-state index in [-0.39, 0.29) is 11.9 Å². The molecule has 2 rings (SSSR count). The number of piperidine rings is 1. The molecule has 1 fully saturated rings. The van der Waals surface area contributed by atoms with Crippen LogP contribution >= 0.6 is 27.5 Å². The van der Waals surface area contributed by atoms with Crippen LogP contribution in [-0.2, 0) is 0 Å². The summed E-state index contributed by atoms with van der Waals surface area (Å²) >= 11 is 9.48. The van der Waals surface area contributed by atoms with Crippen LogP contribution in [0.4, 0.5) is 0 Å². The fraction of sp³-hybridized carbons (Fsp3) is 0.500. The number of nitrogens with zero attached hydrogens (tertiary/aromatic N) is 1. The summed E-state index contributed by atoms with van der Waals surface area (Å²) in [6.45, 7) is 3.55. The number of amides is 1. The maximum absolute atomic E-state index is 12.5. The van der Waals surface area contributed by atoms with Gasteiger partial charge in [-0.25, -0.2) is 0 Å². The number of carbonyl (C=O) groups excluding carboxylic acids is 1. The Bertz CT molecular complexity index is 481. The van der Waals surface area contributed by atoms with E-state index in [1.54, 1.807) is 12.1 Å². The molecule has 1 aliphatic rings. The zero-order valence-corrected chi connectivity index (χ0v) is 13.2. The van der Waals surface area contributed by atoms with Crippen molar-refractivity contribution in [2.45, 2.75) is 25.8 Å². The Morgan fingerprint density at radius 2 is 2.32 bits per heavy atom. The Kier molecular flexibility index (Phi) is 4.87. The lowest BCUT2D eigenvalue weighted by molar-refractivity contribution is 0.0649. The molecule has 1 aliphatic heterocycles. The third kappa shape index (κ3) is 3.30. The molecular weight excluding hydrogens is 328 g/mol. The molecule has 19 heavy (non-hydrogen) atoms. The van der Waals surface area contributed by atoms with Crippen molar-refractivity contribution in [1.82, 2.24) is 4.90 Å². The number of hydrogen-bond donors (Lipinski definition) is 1. The summed E-state index contributed by atoms with van der Waals surface area (Å²) in [5.74, 6) is 0.384. The number of nitrogens with two attached hydrogens (primary N) is 1. The number of halogens is 2. The highest BCUT2D eigenvalue weighted by molar-refractivity contribution is 9.10. The summed E-state index contributed by atoms with van der Waals surface area (Å²) in [4.78, 5) is 14.4. The molecule has 0 spiro atoms. The fourth-order valence-corrected chi connectivity index (χ4v) is 3.25. The van der Waals surface area contributed by atoms with Crippen LogP contribution in [0.15, 0.2) is 22.7 Å². The minimum absolute atomic E-state index is 0.00264. The molecule has 3 nitrogen and oxygen atoms in total. The molecule has 2 N–H and O–H groups in total. The number of carbonyl (C=O) groups is 1. The molecule has 1 saturated heterocycles. The van der Waals surface area contributed by atoms with E-state index in [4.69, 9.17) is 17.3 Å². The van der Waals surface area contributed by atoms with Gasteiger partial charge in [-0.3, -0.25) is 4.79 Å². The summed E-state index contributed by atoms with van der Waals surface area (Å²) in [7, 11) is 0. The van der Waals surface area contributed by atoms with Gasteiger partial charge in [0.05, 0.1) is 10.6 Å². The number of likely N-dealkylation sites (tertiary alicyclic amines) is 1. The van der Waals surface area contributed by atoms with Crippen LogP contribution in [0.2, 0.25) is 5.02 Å². The SMILES string of the molecule is CCC1CN(C(=O)c2ccc(Br)cc2Cl)CCC1N. The van der Waals surface area contributed by atoms with Crippen LogP contribution in [0.3, 0.4) is 0 Å². The third-order valence-electron chi connectivity index (χ3n) is 3.77. The molecule has 0 aliphatic carbocycles. The quantitative estimate of drug-likeness (QED) is 0.894. The Morgan fingerprint density at radius 3 is 2.95 bits per heavy atom. The zero-order chi connectivity index (χ0) is 14.0. The Morgan fingerprint density at radius 1 is 1.58 bits per heavy atom. The number of rotatable bonds is 2. The van der Waals surface area contributed by atoms with Gasteiger partial charge in [-0.05, 0) is 30.5 Å². The van der Waals surface area contributed by atoms with E-state index in [1.165, 1.54) is 0 Å². The third-order valence-corrected chi connectivity index (χ3v) is 4.57. The molecule has 0 saturated carbocycles. The molecular formula is C14H18BrClN2O. The molecule has 1 heterocycles. The molecule has 1 aromatic carbocycles. The number of benzene rings is 1. The first kappa shape index (κ1) is 14.8. The van der Waals surface area contributed by atoms with Crippen molar-refractivity contribution in [1.29, 1.82) is 0 Å². The summed E-state index contributed by atoms with van der Waals surface area (Å²) in [6.07, 6.45) is 1.86. The van der Waals surface area contributed by atoms with E-state index in [0.29, 0.717) is 23.0 Å². The summed E-state index contributed by atoms with van der Waals surface area (Å²) in [6, 6.07) is 5.56. The van der Waals surface area contributed by atoms with Crippen molar-refractivity contribution in [3.63, 3.8) is 0 Å². The predicted octanol–water partition coefficient (Wildman–Crippen LogP) is 3.30. The minimum Gasteiger partial charge on any atom is -0.338 e. The van der Waals surface area contributed by atoms with E-state index in [1.807, 2.05) is 11.0 Å². The highest BCUT2D eigenvalue weighted by Gasteiger charge is 2.29. The predicted molar refractivity (Wildman–Crippen MR) is 81.4 cm³/mol. The molecule has 0 aromatic heterocycles. The van der Waals surface area contributed by atoms with Crippen LogP contribution in [0.5, 0.6) is 0 Å². The molecule has 0 radical (unpaired) electrons. The summed E-state index contributed by atoms with van der Waals surface area (Å²) < 4.78 is 0.876. The summed E-state index contributed by atoms with van der Waals surface area (Å²) in [5.41, 5.74) is 6.64. The first-order valence-electron chi connectivity index (χ1n) is 6.52. The van der Waals surface area contributed by atoms with Crippen molar-refractivity contribution in [2.75, 3.05) is 13.1 Å². The van der Waals surface area contributed by atoms with Gasteiger partial charge in [0.25, 0.3) is 5.91 Å². The maximum Gasteiger partial charge on any atom is 0.255 e. The van der Waals surface area contributed by atoms with Gasteiger partial charge in [0, 0.05) is 23.6 Å². The Labute approximate surface area is 127 Å². The highest BCUT2D eigenvalue weighted by atomic mass is 79.9. The molecule has 0 bridgehead atoms. The van der Waals surface area contributed by atoms with Gasteiger partial charge in [0.1, 0.15) is 0 Å². The van der Waals surface area contributed by atoms with Crippen molar-refractivity contribution >= 4 is 33.4 Å². The van der Waals surface area contributed by atoms with E-state index in [0.717, 1.165) is 23.9 Å². The minimum atomic E-state index is 0.00264. The van der Waals surface area contributed by atoms with E-state index < -0.39 is 0 Å². The second-order valence-electron chi connectivity index (χ2n) is 5.00. The van der Waals surface area contributed by atoms with Gasteiger partial charge in [-0.2, -0.15) is 0 Å². The molecule has 1 amide bonds. The van der Waals surface area contributed by atoms with E-state index >= 15 is 0 Å². The van der Waals surface area contributed by atoms with Gasteiger partial charge in [-0.1, -0.05) is 40.9 Å². The normalized spacial score (nSPS) is 23.5. The van der Waals surface area contributed by atoms with Crippen LogP contribution in [0, 0.1) is 5.92 Å². The zero-order valence-electron chi connectivity index (χ0n) is 10.9. The average molecular weight is 346 g/mol. The van der Waals surface area contributed by atoms with Gasteiger partial charge >= 0.3 is 0 Å². The lowest BCUT2D eigenvalue weighted by Gasteiger charge is -2.36. The first-order chi connectivity index (χ1) is 9.02. The van der Waals surface area contributed by atoms with E-state index in [9.17, 15) is 4.79 Å². The van der Waals surface area contributed by atoms with Crippen molar-refractivity contribution in [2.24, 2.45) is 11.7 Å². The highest BCUT2D eigenvalue weighted by Crippen LogP contribution is 2.25. The first-order valence-corrected chi connectivity index (χ1v) is 7.70. The fourth-order valence-electron chi connectivity index (χ4n) is 2.50. The monoisotopic (exact) mass is 344 g/mol. The summed E-state index contributed by atoms with van der Waals surface area (Å²) in [5, 5.41) is 0.488. The second-order valence-corrected chi connectivity index (χ2v) is 6.32. The van der Waals surface area contributed by atoms with E-state index in [2.05, 4.69) is 22.9 Å². The van der Waals surface area contributed by atoms with Gasteiger partial charge in [0.15, 0.2) is 0 Å². The molecule has 5 heteroatoms. The van der Waals surface area contributed by atoms with Gasteiger partial charge < -0.3 is 10.6 Å². The molecule has 104 valence electrons. The second kappa shape index (κ2) is 6.25. The lowest BCUT2D eigenvalue weighted by atomic mass is 9.90. The standard InChI is InChI=1S/C14H18BrClN2O/c1-2-9-8-18(6-5-13(9)17)14(19)11-4-3-10(15)7-12(11)16/h3-4,7,9,13H,2,5-6,8,17H2,1H3. The lowest BCUT2D eigenvalue weighted by Crippen LogP contribution is -2.49. The van der Waals surface area contributed by atoms with Crippen LogP contribution in [-0.4, -0.2) is 29.9 Å². The molecule has 2 atom stereocenters. The molecule has 2 unspecified atom stereocenters. The van der Waals surface area contributed by atoms with Gasteiger partial charge in [0.2, 0.25) is 0 Å². The van der Waals surface area contributed by atoms with Crippen molar-refractivity contribution < 1.29 is 4.79 Å². The molecule has 1 aromatic rings. The smallest absolute Gasteiger partial charge is 0.255 e. The van der Waals surface area contributed by atoms with Crippen molar-refractivity contribution in [3.8, 4) is 0 Å². The van der Waals surface area contributed by atoms with Crippen LogP contribution < -0.4 is 5.73 Å². The van der Waals surface area contributed by atoms with Crippen LogP contribution in [0.1, 0.15) is 30.1 Å². The van der Waals surface area contributed by atoms with Crippen molar-refractivity contribution in [3.05, 3.63) is 33.3 Å². The number of hydrogen-bond acceptors (Lipinski definition) is 2. The Balaban J connectivity index is 2.15.